The van der Waals surface area contributed by atoms with Crippen LogP contribution in [-0.4, -0.2) is 33.0 Å². The van der Waals surface area contributed by atoms with Crippen LogP contribution >= 0.6 is 0 Å². The lowest BCUT2D eigenvalue weighted by Gasteiger charge is -2.21. The number of carbonyl (C=O) groups excluding carboxylic acids is 2. The van der Waals surface area contributed by atoms with Crippen LogP contribution in [0.2, 0.25) is 0 Å². The first kappa shape index (κ1) is 26.3. The normalized spacial score (nSPS) is 10.9. The molecule has 40 heavy (non-hydrogen) atoms. The van der Waals surface area contributed by atoms with E-state index in [0.29, 0.717) is 17.2 Å². The average molecular weight is 531 g/mol. The number of aromatic nitrogens is 2. The molecule has 2 amide bonds. The third kappa shape index (κ3) is 6.76. The molecular weight excluding hydrogens is 503 g/mol. The van der Waals surface area contributed by atoms with Gasteiger partial charge in [0.15, 0.2) is 0 Å². The highest BCUT2D eigenvalue weighted by molar-refractivity contribution is 5.98. The van der Waals surface area contributed by atoms with Crippen LogP contribution in [-0.2, 0) is 16.1 Å². The second-order valence-electron chi connectivity index (χ2n) is 9.14. The van der Waals surface area contributed by atoms with E-state index in [1.807, 2.05) is 91.0 Å². The Kier molecular flexibility index (Phi) is 8.22. The summed E-state index contributed by atoms with van der Waals surface area (Å²) < 4.78 is 15.2. The molecule has 0 aliphatic carbocycles. The van der Waals surface area contributed by atoms with E-state index in [2.05, 4.69) is 10.4 Å². The minimum atomic E-state index is -0.389. The van der Waals surface area contributed by atoms with Crippen LogP contribution in [0.1, 0.15) is 11.1 Å². The first-order valence-corrected chi connectivity index (χ1v) is 12.8. The summed E-state index contributed by atoms with van der Waals surface area (Å²) in [5, 5.41) is 7.57. The Morgan fingerprint density at radius 1 is 0.825 bits per heavy atom. The lowest BCUT2D eigenvalue weighted by Crippen LogP contribution is -2.37. The minimum absolute atomic E-state index is 0.178. The molecule has 0 unspecified atom stereocenters. The fourth-order valence-electron chi connectivity index (χ4n) is 4.21. The standard InChI is InChI=1S/C33H27FN4O2/c34-28-17-19-29(20-18-28)38-31(22-30(36-38)27-14-8-3-9-15-27)35-32(39)24-37(23-26-12-6-2-7-13-26)33(40)21-16-25-10-4-1-5-11-25/h1-22H,23-24H2,(H,35,39). The molecule has 4 aromatic carbocycles. The SMILES string of the molecule is O=C(CN(Cc1ccccc1)C(=O)C=Cc1ccccc1)Nc1cc(-c2ccccc2)nn1-c1ccc(F)cc1. The first-order chi connectivity index (χ1) is 19.5. The van der Waals surface area contributed by atoms with Gasteiger partial charge in [0.2, 0.25) is 11.8 Å². The lowest BCUT2D eigenvalue weighted by atomic mass is 10.1. The van der Waals surface area contributed by atoms with Crippen molar-refractivity contribution in [2.45, 2.75) is 6.54 Å². The summed E-state index contributed by atoms with van der Waals surface area (Å²) in [6, 6.07) is 36.2. The molecule has 0 atom stereocenters. The fraction of sp³-hybridized carbons (Fsp3) is 0.0606. The molecule has 5 aromatic rings. The van der Waals surface area contributed by atoms with Gasteiger partial charge >= 0.3 is 0 Å². The first-order valence-electron chi connectivity index (χ1n) is 12.8. The number of hydrogen-bond acceptors (Lipinski definition) is 3. The van der Waals surface area contributed by atoms with E-state index in [-0.39, 0.29) is 30.7 Å². The zero-order chi connectivity index (χ0) is 27.7. The molecule has 0 spiro atoms. The molecule has 0 bridgehead atoms. The van der Waals surface area contributed by atoms with Gasteiger partial charge in [0.1, 0.15) is 18.2 Å². The third-order valence-electron chi connectivity index (χ3n) is 6.20. The van der Waals surface area contributed by atoms with Gasteiger partial charge in [0, 0.05) is 24.3 Å². The van der Waals surface area contributed by atoms with E-state index >= 15 is 0 Å². The van der Waals surface area contributed by atoms with Gasteiger partial charge in [-0.2, -0.15) is 5.10 Å². The van der Waals surface area contributed by atoms with Crippen LogP contribution in [0.3, 0.4) is 0 Å². The van der Waals surface area contributed by atoms with Gasteiger partial charge < -0.3 is 10.2 Å². The quantitative estimate of drug-likeness (QED) is 0.226. The van der Waals surface area contributed by atoms with E-state index in [1.54, 1.807) is 29.0 Å². The van der Waals surface area contributed by atoms with Crippen LogP contribution < -0.4 is 5.32 Å². The fourth-order valence-corrected chi connectivity index (χ4v) is 4.21. The summed E-state index contributed by atoms with van der Waals surface area (Å²) in [6.45, 7) is 0.0842. The van der Waals surface area contributed by atoms with Crippen molar-refractivity contribution in [1.82, 2.24) is 14.7 Å². The second-order valence-corrected chi connectivity index (χ2v) is 9.14. The third-order valence-corrected chi connectivity index (χ3v) is 6.20. The number of carbonyl (C=O) groups is 2. The van der Waals surface area contributed by atoms with Gasteiger partial charge in [-0.05, 0) is 41.5 Å². The summed E-state index contributed by atoms with van der Waals surface area (Å²) in [7, 11) is 0. The number of rotatable bonds is 9. The predicted molar refractivity (Wildman–Crippen MR) is 155 cm³/mol. The molecule has 0 aliphatic rings. The lowest BCUT2D eigenvalue weighted by molar-refractivity contribution is -0.131. The van der Waals surface area contributed by atoms with Crippen molar-refractivity contribution in [3.63, 3.8) is 0 Å². The van der Waals surface area contributed by atoms with E-state index in [0.717, 1.165) is 16.7 Å². The van der Waals surface area contributed by atoms with Crippen molar-refractivity contribution in [1.29, 1.82) is 0 Å². The molecule has 5 rings (SSSR count). The van der Waals surface area contributed by atoms with Crippen LogP contribution in [0.15, 0.2) is 127 Å². The highest BCUT2D eigenvalue weighted by Gasteiger charge is 2.19. The molecule has 1 heterocycles. The Morgan fingerprint density at radius 2 is 1.45 bits per heavy atom. The number of nitrogens with one attached hydrogen (secondary N) is 1. The Hall–Kier alpha value is -5.30. The highest BCUT2D eigenvalue weighted by atomic mass is 19.1. The minimum Gasteiger partial charge on any atom is -0.326 e. The van der Waals surface area contributed by atoms with E-state index in [1.165, 1.54) is 23.1 Å². The Bertz CT molecular complexity index is 1600. The summed E-state index contributed by atoms with van der Waals surface area (Å²) >= 11 is 0. The van der Waals surface area contributed by atoms with E-state index in [9.17, 15) is 14.0 Å². The van der Waals surface area contributed by atoms with Gasteiger partial charge in [-0.15, -0.1) is 0 Å². The van der Waals surface area contributed by atoms with E-state index in [4.69, 9.17) is 0 Å². The zero-order valence-corrected chi connectivity index (χ0v) is 21.7. The predicted octanol–water partition coefficient (Wildman–Crippen LogP) is 6.36. The average Bonchev–Trinajstić information content (AvgIpc) is 3.41. The molecule has 198 valence electrons. The molecule has 6 nitrogen and oxygen atoms in total. The Labute approximate surface area is 232 Å². The van der Waals surface area contributed by atoms with Crippen LogP contribution in [0.4, 0.5) is 10.2 Å². The Balaban J connectivity index is 1.40. The molecule has 0 fully saturated rings. The van der Waals surface area contributed by atoms with Crippen molar-refractivity contribution < 1.29 is 14.0 Å². The maximum Gasteiger partial charge on any atom is 0.247 e. The molecule has 1 N–H and O–H groups in total. The highest BCUT2D eigenvalue weighted by Crippen LogP contribution is 2.25. The number of anilines is 1. The zero-order valence-electron chi connectivity index (χ0n) is 21.7. The largest absolute Gasteiger partial charge is 0.326 e. The molecular formula is C33H27FN4O2. The van der Waals surface area contributed by atoms with Crippen molar-refractivity contribution >= 4 is 23.7 Å². The van der Waals surface area contributed by atoms with Crippen LogP contribution in [0.5, 0.6) is 0 Å². The molecule has 0 saturated heterocycles. The summed E-state index contributed by atoms with van der Waals surface area (Å²) in [5.41, 5.74) is 3.88. The summed E-state index contributed by atoms with van der Waals surface area (Å²) in [5.74, 6) is -0.647. The summed E-state index contributed by atoms with van der Waals surface area (Å²) in [4.78, 5) is 28.1. The van der Waals surface area contributed by atoms with E-state index < -0.39 is 0 Å². The number of nitrogens with zero attached hydrogens (tertiary/aromatic N) is 3. The van der Waals surface area contributed by atoms with Crippen molar-refractivity contribution in [2.24, 2.45) is 0 Å². The van der Waals surface area contributed by atoms with Gasteiger partial charge in [0.05, 0.1) is 11.4 Å². The van der Waals surface area contributed by atoms with Gasteiger partial charge in [-0.1, -0.05) is 91.0 Å². The van der Waals surface area contributed by atoms with Crippen molar-refractivity contribution in [3.05, 3.63) is 144 Å². The Morgan fingerprint density at radius 3 is 2.12 bits per heavy atom. The molecule has 1 aromatic heterocycles. The van der Waals surface area contributed by atoms with Gasteiger partial charge in [-0.3, -0.25) is 9.59 Å². The number of hydrogen-bond donors (Lipinski definition) is 1. The number of amides is 2. The van der Waals surface area contributed by atoms with Gasteiger partial charge in [-0.25, -0.2) is 9.07 Å². The van der Waals surface area contributed by atoms with Gasteiger partial charge in [0.25, 0.3) is 0 Å². The topological polar surface area (TPSA) is 67.2 Å². The molecule has 0 saturated carbocycles. The van der Waals surface area contributed by atoms with Crippen molar-refractivity contribution in [2.75, 3.05) is 11.9 Å². The monoisotopic (exact) mass is 530 g/mol. The van der Waals surface area contributed by atoms with Crippen molar-refractivity contribution in [3.8, 4) is 16.9 Å². The smallest absolute Gasteiger partial charge is 0.247 e. The number of halogens is 1. The second kappa shape index (κ2) is 12.5. The molecule has 0 aliphatic heterocycles. The van der Waals surface area contributed by atoms with Crippen LogP contribution in [0, 0.1) is 5.82 Å². The van der Waals surface area contributed by atoms with Crippen LogP contribution in [0.25, 0.3) is 23.0 Å². The molecule has 0 radical (unpaired) electrons. The maximum atomic E-state index is 13.6. The number of benzene rings is 4. The molecule has 7 heteroatoms. The maximum absolute atomic E-state index is 13.6. The summed E-state index contributed by atoms with van der Waals surface area (Å²) in [6.07, 6.45) is 3.20.